The zero-order valence-electron chi connectivity index (χ0n) is 26.0. The summed E-state index contributed by atoms with van der Waals surface area (Å²) in [7, 11) is 9.82. The van der Waals surface area contributed by atoms with Crippen molar-refractivity contribution in [2.75, 3.05) is 54.4 Å². The Labute approximate surface area is 242 Å². The Bertz CT molecular complexity index is 375. The van der Waals surface area contributed by atoms with Crippen LogP contribution in [0.25, 0.3) is 0 Å². The molecule has 0 spiro atoms. The Balaban J connectivity index is -0.00000544. The molecule has 0 aromatic rings. The molecule has 0 fully saturated rings. The van der Waals surface area contributed by atoms with Crippen LogP contribution in [0.3, 0.4) is 0 Å². The average molecular weight is 554 g/mol. The number of nitrogens with zero attached hydrogens (tertiary/aromatic N) is 2. The van der Waals surface area contributed by atoms with E-state index in [-0.39, 0.29) is 24.8 Å². The van der Waals surface area contributed by atoms with Crippen LogP contribution in [0, 0.1) is 0 Å². The normalized spacial score (nSPS) is 11.8. The van der Waals surface area contributed by atoms with Crippen LogP contribution in [-0.4, -0.2) is 63.3 Å². The summed E-state index contributed by atoms with van der Waals surface area (Å²) in [6.45, 7) is 10.1. The number of hydrogen-bond acceptors (Lipinski definition) is 0. The molecular weight excluding hydrogens is 483 g/mol. The number of unbranched alkanes of at least 4 members (excludes halogenated alkanes) is 19. The van der Waals surface area contributed by atoms with Crippen LogP contribution in [0.15, 0.2) is 0 Å². The van der Waals surface area contributed by atoms with Crippen LogP contribution >= 0.6 is 0 Å². The van der Waals surface area contributed by atoms with Crippen molar-refractivity contribution < 1.29 is 33.8 Å². The molecule has 0 aromatic heterocycles. The van der Waals surface area contributed by atoms with Gasteiger partial charge in [-0.15, -0.1) is 0 Å². The van der Waals surface area contributed by atoms with Crippen molar-refractivity contribution in [3.63, 3.8) is 0 Å². The molecule has 0 bridgehead atoms. The molecule has 0 aliphatic rings. The lowest BCUT2D eigenvalue weighted by molar-refractivity contribution is -0.897. The van der Waals surface area contributed by atoms with E-state index >= 15 is 0 Å². The summed E-state index contributed by atoms with van der Waals surface area (Å²) in [5.41, 5.74) is 0. The van der Waals surface area contributed by atoms with Gasteiger partial charge in [0.2, 0.25) is 0 Å². The highest BCUT2D eigenvalue weighted by Crippen LogP contribution is 2.14. The van der Waals surface area contributed by atoms with E-state index in [9.17, 15) is 0 Å². The summed E-state index contributed by atoms with van der Waals surface area (Å²) in [6, 6.07) is 0. The Hall–Kier alpha value is 0.500. The van der Waals surface area contributed by atoms with Gasteiger partial charge in [0.05, 0.1) is 54.4 Å². The summed E-state index contributed by atoms with van der Waals surface area (Å²) < 4.78 is 2.45. The molecular formula is C32H70Cl2N2. The first-order valence-corrected chi connectivity index (χ1v) is 16.0. The zero-order valence-corrected chi connectivity index (χ0v) is 27.5. The molecule has 36 heavy (non-hydrogen) atoms. The summed E-state index contributed by atoms with van der Waals surface area (Å²) >= 11 is 0. The average Bonchev–Trinajstić information content (AvgIpc) is 2.79. The predicted molar refractivity (Wildman–Crippen MR) is 157 cm³/mol. The molecule has 0 aromatic carbocycles. The van der Waals surface area contributed by atoms with Crippen molar-refractivity contribution in [3.05, 3.63) is 0 Å². The molecule has 0 unspecified atom stereocenters. The van der Waals surface area contributed by atoms with Crippen molar-refractivity contribution in [3.8, 4) is 0 Å². The predicted octanol–water partition coefficient (Wildman–Crippen LogP) is 3.77. The molecule has 0 atom stereocenters. The maximum atomic E-state index is 2.46. The number of halogens is 2. The van der Waals surface area contributed by atoms with E-state index in [1.807, 2.05) is 0 Å². The molecule has 0 rings (SSSR count). The van der Waals surface area contributed by atoms with Crippen LogP contribution in [-0.2, 0) is 0 Å². The molecule has 0 heterocycles. The van der Waals surface area contributed by atoms with E-state index in [2.05, 4.69) is 42.0 Å². The second kappa shape index (κ2) is 28.5. The van der Waals surface area contributed by atoms with Gasteiger partial charge in [-0.2, -0.15) is 0 Å². The number of rotatable bonds is 27. The lowest BCUT2D eigenvalue weighted by Crippen LogP contribution is -3.00. The number of quaternary nitrogens is 2. The van der Waals surface area contributed by atoms with E-state index in [0.717, 1.165) is 0 Å². The molecule has 0 saturated carbocycles. The fourth-order valence-corrected chi connectivity index (χ4v) is 5.36. The van der Waals surface area contributed by atoms with E-state index in [4.69, 9.17) is 0 Å². The summed E-state index contributed by atoms with van der Waals surface area (Å²) in [5.74, 6) is 0. The minimum absolute atomic E-state index is 0. The van der Waals surface area contributed by atoms with E-state index in [0.29, 0.717) is 0 Å². The first-order chi connectivity index (χ1) is 16.3. The third-order valence-electron chi connectivity index (χ3n) is 8.01. The molecule has 0 aliphatic carbocycles. The Kier molecular flexibility index (Phi) is 32.5. The highest BCUT2D eigenvalue weighted by molar-refractivity contribution is 4.50. The Morgan fingerprint density at radius 1 is 0.278 bits per heavy atom. The van der Waals surface area contributed by atoms with Crippen molar-refractivity contribution in [1.29, 1.82) is 0 Å². The first kappa shape index (κ1) is 41.0. The second-order valence-electron chi connectivity index (χ2n) is 12.8. The lowest BCUT2D eigenvalue weighted by atomic mass is 10.1. The van der Waals surface area contributed by atoms with E-state index in [1.54, 1.807) is 0 Å². The molecule has 0 radical (unpaired) electrons. The topological polar surface area (TPSA) is 0 Å². The summed E-state index contributed by atoms with van der Waals surface area (Å²) in [4.78, 5) is 0. The Morgan fingerprint density at radius 3 is 0.667 bits per heavy atom. The third kappa shape index (κ3) is 30.7. The highest BCUT2D eigenvalue weighted by atomic mass is 35.5. The van der Waals surface area contributed by atoms with Crippen LogP contribution in [0.2, 0.25) is 0 Å². The molecule has 0 aliphatic heterocycles. The summed E-state index contributed by atoms with van der Waals surface area (Å²) in [6.07, 6.45) is 31.7. The fourth-order valence-electron chi connectivity index (χ4n) is 5.36. The van der Waals surface area contributed by atoms with Gasteiger partial charge in [-0.05, 0) is 25.7 Å². The van der Waals surface area contributed by atoms with Gasteiger partial charge >= 0.3 is 0 Å². The molecule has 0 saturated heterocycles. The van der Waals surface area contributed by atoms with Crippen LogP contribution < -0.4 is 24.8 Å². The van der Waals surface area contributed by atoms with E-state index in [1.165, 1.54) is 176 Å². The highest BCUT2D eigenvalue weighted by Gasteiger charge is 2.17. The molecule has 0 N–H and O–H groups in total. The maximum absolute atomic E-state index is 2.46. The Morgan fingerprint density at radius 2 is 0.444 bits per heavy atom. The molecule has 4 heteroatoms. The van der Waals surface area contributed by atoms with Gasteiger partial charge in [0.1, 0.15) is 0 Å². The van der Waals surface area contributed by atoms with Gasteiger partial charge in [-0.25, -0.2) is 0 Å². The minimum Gasteiger partial charge on any atom is -1.00 e. The van der Waals surface area contributed by atoms with Gasteiger partial charge in [-0.1, -0.05) is 117 Å². The minimum atomic E-state index is 0. The maximum Gasteiger partial charge on any atom is 0.0784 e. The van der Waals surface area contributed by atoms with Gasteiger partial charge in [0.15, 0.2) is 0 Å². The van der Waals surface area contributed by atoms with Gasteiger partial charge in [0.25, 0.3) is 0 Å². The van der Waals surface area contributed by atoms with Gasteiger partial charge < -0.3 is 33.8 Å². The zero-order chi connectivity index (χ0) is 25.4. The molecule has 2 nitrogen and oxygen atoms in total. The van der Waals surface area contributed by atoms with Crippen LogP contribution in [0.1, 0.15) is 155 Å². The fraction of sp³-hybridized carbons (Fsp3) is 1.00. The van der Waals surface area contributed by atoms with Crippen molar-refractivity contribution in [1.82, 2.24) is 0 Å². The first-order valence-electron chi connectivity index (χ1n) is 16.0. The largest absolute Gasteiger partial charge is 1.00 e. The SMILES string of the molecule is CCCCCCCCCCCC[N+](C)(C)CCCC[N+](C)(C)CCCCCCCCCCCC.[Cl-].[Cl-]. The van der Waals surface area contributed by atoms with Gasteiger partial charge in [0, 0.05) is 12.8 Å². The number of hydrogen-bond donors (Lipinski definition) is 0. The van der Waals surface area contributed by atoms with Crippen molar-refractivity contribution >= 4 is 0 Å². The standard InChI is InChI=1S/C32H70N2.2ClH/c1-7-9-11-13-15-17-19-21-23-25-29-33(3,4)31-27-28-32-34(5,6)30-26-24-22-20-18-16-14-12-10-8-2;;/h7-32H2,1-6H3;2*1H/q+2;;/p-2. The molecule has 0 amide bonds. The summed E-state index contributed by atoms with van der Waals surface area (Å²) in [5, 5.41) is 0. The lowest BCUT2D eigenvalue weighted by Gasteiger charge is -2.32. The van der Waals surface area contributed by atoms with E-state index < -0.39 is 0 Å². The quantitative estimate of drug-likeness (QED) is 0.107. The van der Waals surface area contributed by atoms with Gasteiger partial charge in [-0.3, -0.25) is 0 Å². The van der Waals surface area contributed by atoms with Crippen LogP contribution in [0.5, 0.6) is 0 Å². The van der Waals surface area contributed by atoms with Crippen LogP contribution in [0.4, 0.5) is 0 Å². The third-order valence-corrected chi connectivity index (χ3v) is 8.01. The van der Waals surface area contributed by atoms with Crippen molar-refractivity contribution in [2.45, 2.75) is 155 Å². The second-order valence-corrected chi connectivity index (χ2v) is 12.8. The molecule has 222 valence electrons. The smallest absolute Gasteiger partial charge is 0.0784 e. The van der Waals surface area contributed by atoms with Crippen molar-refractivity contribution in [2.24, 2.45) is 0 Å². The monoisotopic (exact) mass is 552 g/mol.